The number of piperidine rings is 1. The van der Waals surface area contributed by atoms with Crippen LogP contribution in [0.1, 0.15) is 37.3 Å². The number of aryl methyl sites for hydroxylation is 2. The molecule has 178 valence electrons. The number of nitrogens with zero attached hydrogens (tertiary/aromatic N) is 4. The van der Waals surface area contributed by atoms with Gasteiger partial charge in [0.15, 0.2) is 0 Å². The van der Waals surface area contributed by atoms with Crippen molar-refractivity contribution in [2.24, 2.45) is 7.05 Å². The molecule has 0 spiro atoms. The van der Waals surface area contributed by atoms with Gasteiger partial charge < -0.3 is 14.9 Å². The molecule has 0 unspecified atom stereocenters. The zero-order chi connectivity index (χ0) is 23.7. The van der Waals surface area contributed by atoms with Crippen LogP contribution < -0.4 is 5.32 Å². The predicted molar refractivity (Wildman–Crippen MR) is 130 cm³/mol. The zero-order valence-corrected chi connectivity index (χ0v) is 19.9. The first-order valence-corrected chi connectivity index (χ1v) is 13.0. The molecule has 1 amide bonds. The van der Waals surface area contributed by atoms with Crippen molar-refractivity contribution in [1.82, 2.24) is 29.1 Å². The summed E-state index contributed by atoms with van der Waals surface area (Å²) in [6.45, 7) is 1.46. The van der Waals surface area contributed by atoms with Gasteiger partial charge in [0, 0.05) is 33.0 Å². The minimum atomic E-state index is -3.52. The second-order valence-corrected chi connectivity index (χ2v) is 10.6. The third kappa shape index (κ3) is 4.43. The molecule has 0 aliphatic carbocycles. The van der Waals surface area contributed by atoms with Gasteiger partial charge in [-0.3, -0.25) is 4.79 Å². The van der Waals surface area contributed by atoms with Crippen molar-refractivity contribution in [2.75, 3.05) is 13.1 Å². The van der Waals surface area contributed by atoms with Gasteiger partial charge in [0.05, 0.1) is 33.5 Å². The number of rotatable bonds is 7. The second kappa shape index (κ2) is 9.19. The number of sulfonamides is 1. The lowest BCUT2D eigenvalue weighted by Gasteiger charge is -2.25. The molecule has 9 nitrogen and oxygen atoms in total. The normalized spacial score (nSPS) is 15.2. The van der Waals surface area contributed by atoms with Crippen molar-refractivity contribution in [1.29, 1.82) is 0 Å². The van der Waals surface area contributed by atoms with Gasteiger partial charge in [0.2, 0.25) is 15.9 Å². The van der Waals surface area contributed by atoms with Crippen LogP contribution in [-0.2, 0) is 34.8 Å². The molecule has 1 fully saturated rings. The van der Waals surface area contributed by atoms with Crippen LogP contribution in [0.3, 0.4) is 0 Å². The van der Waals surface area contributed by atoms with Crippen molar-refractivity contribution in [3.05, 3.63) is 54.1 Å². The number of hydrogen-bond acceptors (Lipinski definition) is 5. The Balaban J connectivity index is 1.24. The summed E-state index contributed by atoms with van der Waals surface area (Å²) in [6.07, 6.45) is 3.59. The van der Waals surface area contributed by atoms with Gasteiger partial charge in [-0.15, -0.1) is 0 Å². The molecule has 0 radical (unpaired) electrons. The minimum absolute atomic E-state index is 0.0964. The van der Waals surface area contributed by atoms with Crippen LogP contribution in [0.4, 0.5) is 0 Å². The Kier molecular flexibility index (Phi) is 6.09. The van der Waals surface area contributed by atoms with Gasteiger partial charge in [-0.25, -0.2) is 18.4 Å². The number of nitrogens with one attached hydrogen (secondary N) is 2. The van der Waals surface area contributed by atoms with E-state index in [-0.39, 0.29) is 17.2 Å². The maximum atomic E-state index is 13.0. The summed E-state index contributed by atoms with van der Waals surface area (Å²) in [5.74, 6) is 1.35. The predicted octanol–water partition coefficient (Wildman–Crippen LogP) is 2.87. The Morgan fingerprint density at radius 2 is 1.85 bits per heavy atom. The molecule has 10 heteroatoms. The first kappa shape index (κ1) is 22.5. The van der Waals surface area contributed by atoms with E-state index in [1.54, 1.807) is 22.5 Å². The van der Waals surface area contributed by atoms with Crippen molar-refractivity contribution < 1.29 is 13.2 Å². The molecule has 0 atom stereocenters. The number of carbonyl (C=O) groups is 1. The van der Waals surface area contributed by atoms with E-state index in [1.807, 2.05) is 35.9 Å². The molecule has 1 aliphatic rings. The maximum absolute atomic E-state index is 13.0. The van der Waals surface area contributed by atoms with E-state index in [4.69, 9.17) is 0 Å². The Bertz CT molecular complexity index is 1420. The smallest absolute Gasteiger partial charge is 0.243 e. The fourth-order valence-electron chi connectivity index (χ4n) is 4.45. The number of para-hydroxylation sites is 2. The van der Waals surface area contributed by atoms with E-state index in [9.17, 15) is 13.2 Å². The van der Waals surface area contributed by atoms with Crippen LogP contribution in [0.25, 0.3) is 22.1 Å². The van der Waals surface area contributed by atoms with Crippen molar-refractivity contribution >= 4 is 38.0 Å². The topological polar surface area (TPSA) is 113 Å². The molecule has 0 bridgehead atoms. The van der Waals surface area contributed by atoms with Crippen LogP contribution >= 0.6 is 0 Å². The van der Waals surface area contributed by atoms with Gasteiger partial charge in [0.1, 0.15) is 11.6 Å². The van der Waals surface area contributed by atoms with Gasteiger partial charge in [0.25, 0.3) is 0 Å². The van der Waals surface area contributed by atoms with Gasteiger partial charge in [-0.2, -0.15) is 4.31 Å². The fourth-order valence-corrected chi connectivity index (χ4v) is 5.99. The number of benzene rings is 2. The highest BCUT2D eigenvalue weighted by molar-refractivity contribution is 7.89. The van der Waals surface area contributed by atoms with Crippen molar-refractivity contribution in [3.63, 3.8) is 0 Å². The highest BCUT2D eigenvalue weighted by Gasteiger charge is 2.26. The van der Waals surface area contributed by atoms with Gasteiger partial charge in [-0.05, 0) is 43.2 Å². The van der Waals surface area contributed by atoms with E-state index >= 15 is 0 Å². The van der Waals surface area contributed by atoms with Crippen LogP contribution in [0.5, 0.6) is 0 Å². The van der Waals surface area contributed by atoms with Crippen molar-refractivity contribution in [3.8, 4) is 0 Å². The molecule has 1 saturated heterocycles. The molecular formula is C24H28N6O3S. The molecular weight excluding hydrogens is 452 g/mol. The number of fused-ring (bicyclic) bond motifs is 2. The Hall–Kier alpha value is -3.24. The highest BCUT2D eigenvalue weighted by atomic mass is 32.2. The van der Waals surface area contributed by atoms with Crippen LogP contribution in [0.15, 0.2) is 47.4 Å². The van der Waals surface area contributed by atoms with Crippen molar-refractivity contribution in [2.45, 2.75) is 43.5 Å². The molecule has 5 rings (SSSR count). The number of aromatic amines is 1. The average Bonchev–Trinajstić information content (AvgIpc) is 3.42. The van der Waals surface area contributed by atoms with Crippen LogP contribution in [0, 0.1) is 0 Å². The second-order valence-electron chi connectivity index (χ2n) is 8.68. The summed E-state index contributed by atoms with van der Waals surface area (Å²) in [6, 6.07) is 12.8. The summed E-state index contributed by atoms with van der Waals surface area (Å²) in [5.41, 5.74) is 3.27. The van der Waals surface area contributed by atoms with Gasteiger partial charge >= 0.3 is 0 Å². The van der Waals surface area contributed by atoms with E-state index in [0.29, 0.717) is 37.4 Å². The molecule has 2 N–H and O–H groups in total. The standard InChI is InChI=1S/C24H28N6O3S/c1-29-21-10-9-17(34(32,33)30-13-5-2-6-14-30)15-20(21)28-23(29)11-12-24(31)25-16-22-26-18-7-3-4-8-19(18)27-22/h3-4,7-10,15H,2,5-6,11-14,16H2,1H3,(H,25,31)(H,26,27). The SMILES string of the molecule is Cn1c(CCC(=O)NCc2nc3ccccc3[nH]2)nc2cc(S(=O)(=O)N3CCCCC3)ccc21. The monoisotopic (exact) mass is 480 g/mol. The van der Waals surface area contributed by atoms with Crippen LogP contribution in [-0.4, -0.2) is 51.2 Å². The maximum Gasteiger partial charge on any atom is 0.243 e. The quantitative estimate of drug-likeness (QED) is 0.422. The Morgan fingerprint density at radius 1 is 1.06 bits per heavy atom. The Morgan fingerprint density at radius 3 is 2.65 bits per heavy atom. The molecule has 2 aromatic heterocycles. The summed E-state index contributed by atoms with van der Waals surface area (Å²) in [5, 5.41) is 2.89. The lowest BCUT2D eigenvalue weighted by Crippen LogP contribution is -2.35. The molecule has 2 aromatic carbocycles. The summed E-state index contributed by atoms with van der Waals surface area (Å²) in [7, 11) is -1.63. The molecule has 3 heterocycles. The molecule has 34 heavy (non-hydrogen) atoms. The first-order chi connectivity index (χ1) is 16.4. The van der Waals surface area contributed by atoms with E-state index in [1.165, 1.54) is 0 Å². The molecule has 1 aliphatic heterocycles. The number of carbonyl (C=O) groups excluding carboxylic acids is 1. The van der Waals surface area contributed by atoms with E-state index in [2.05, 4.69) is 20.3 Å². The largest absolute Gasteiger partial charge is 0.349 e. The zero-order valence-electron chi connectivity index (χ0n) is 19.1. The van der Waals surface area contributed by atoms with E-state index < -0.39 is 10.0 Å². The third-order valence-corrected chi connectivity index (χ3v) is 8.26. The average molecular weight is 481 g/mol. The Labute approximate surface area is 198 Å². The van der Waals surface area contributed by atoms with E-state index in [0.717, 1.165) is 41.6 Å². The molecule has 4 aromatic rings. The number of imidazole rings is 2. The number of aromatic nitrogens is 4. The lowest BCUT2D eigenvalue weighted by molar-refractivity contribution is -0.121. The lowest BCUT2D eigenvalue weighted by atomic mass is 10.2. The fraction of sp³-hybridized carbons (Fsp3) is 0.375. The number of hydrogen-bond donors (Lipinski definition) is 2. The third-order valence-electron chi connectivity index (χ3n) is 6.36. The summed E-state index contributed by atoms with van der Waals surface area (Å²) in [4.78, 5) is 25.0. The molecule has 0 saturated carbocycles. The number of H-pyrrole nitrogens is 1. The highest BCUT2D eigenvalue weighted by Crippen LogP contribution is 2.25. The van der Waals surface area contributed by atoms with Gasteiger partial charge in [-0.1, -0.05) is 18.6 Å². The summed E-state index contributed by atoms with van der Waals surface area (Å²) >= 11 is 0. The van der Waals surface area contributed by atoms with Crippen LogP contribution in [0.2, 0.25) is 0 Å². The number of amides is 1. The first-order valence-electron chi connectivity index (χ1n) is 11.6. The minimum Gasteiger partial charge on any atom is -0.349 e. The summed E-state index contributed by atoms with van der Waals surface area (Å²) < 4.78 is 29.5.